The largest absolute Gasteiger partial charge is 0.481 e. The normalized spacial score (nSPS) is 12.7. The van der Waals surface area contributed by atoms with Gasteiger partial charge in [0.05, 0.1) is 5.92 Å². The van der Waals surface area contributed by atoms with Crippen LogP contribution in [0.4, 0.5) is 0 Å². The van der Waals surface area contributed by atoms with Crippen molar-refractivity contribution in [3.63, 3.8) is 0 Å². The predicted octanol–water partition coefficient (Wildman–Crippen LogP) is 2.79. The highest BCUT2D eigenvalue weighted by atomic mass is 32.1. The van der Waals surface area contributed by atoms with Crippen molar-refractivity contribution in [3.05, 3.63) is 22.4 Å². The molecule has 1 atom stereocenters. The lowest BCUT2D eigenvalue weighted by atomic mass is 10.0. The molecule has 1 aromatic heterocycles. The quantitative estimate of drug-likeness (QED) is 0.790. The number of aryl methyl sites for hydroxylation is 1. The summed E-state index contributed by atoms with van der Waals surface area (Å²) in [5, 5.41) is 10.7. The summed E-state index contributed by atoms with van der Waals surface area (Å²) in [5.41, 5.74) is 0. The molecule has 3 heteroatoms. The Hall–Kier alpha value is -0.830. The highest BCUT2D eigenvalue weighted by Gasteiger charge is 2.09. The van der Waals surface area contributed by atoms with Gasteiger partial charge in [-0.15, -0.1) is 11.3 Å². The van der Waals surface area contributed by atoms with Gasteiger partial charge in [0.15, 0.2) is 0 Å². The van der Waals surface area contributed by atoms with E-state index in [0.29, 0.717) is 0 Å². The van der Waals surface area contributed by atoms with Crippen LogP contribution in [0.2, 0.25) is 0 Å². The van der Waals surface area contributed by atoms with Gasteiger partial charge in [0.25, 0.3) is 0 Å². The van der Waals surface area contributed by atoms with Crippen molar-refractivity contribution in [3.8, 4) is 0 Å². The summed E-state index contributed by atoms with van der Waals surface area (Å²) in [6.45, 7) is 1.76. The highest BCUT2D eigenvalue weighted by molar-refractivity contribution is 7.09. The second-order valence-corrected chi connectivity index (χ2v) is 4.24. The van der Waals surface area contributed by atoms with E-state index in [0.717, 1.165) is 19.3 Å². The summed E-state index contributed by atoms with van der Waals surface area (Å²) >= 11 is 1.74. The van der Waals surface area contributed by atoms with Gasteiger partial charge >= 0.3 is 5.97 Å². The second-order valence-electron chi connectivity index (χ2n) is 3.21. The van der Waals surface area contributed by atoms with Gasteiger partial charge in [0.1, 0.15) is 0 Å². The van der Waals surface area contributed by atoms with E-state index >= 15 is 0 Å². The Morgan fingerprint density at radius 2 is 2.46 bits per heavy atom. The minimum Gasteiger partial charge on any atom is -0.481 e. The Balaban J connectivity index is 2.18. The van der Waals surface area contributed by atoms with Gasteiger partial charge < -0.3 is 5.11 Å². The Morgan fingerprint density at radius 3 is 3.00 bits per heavy atom. The molecule has 0 radical (unpaired) electrons. The molecule has 0 bridgehead atoms. The summed E-state index contributed by atoms with van der Waals surface area (Å²) in [5.74, 6) is -0.897. The number of carboxylic acids is 1. The van der Waals surface area contributed by atoms with Crippen LogP contribution in [0.3, 0.4) is 0 Å². The Kier molecular flexibility index (Phi) is 3.96. The molecule has 1 rings (SSSR count). The van der Waals surface area contributed by atoms with E-state index in [-0.39, 0.29) is 5.92 Å². The SMILES string of the molecule is CC(CCCc1cccs1)C(=O)O. The molecule has 72 valence electrons. The zero-order chi connectivity index (χ0) is 9.68. The Labute approximate surface area is 82.2 Å². The first kappa shape index (κ1) is 10.3. The van der Waals surface area contributed by atoms with Gasteiger partial charge in [-0.05, 0) is 30.7 Å². The molecule has 1 heterocycles. The molecule has 0 aliphatic rings. The van der Waals surface area contributed by atoms with Gasteiger partial charge in [-0.2, -0.15) is 0 Å². The molecular formula is C10H14O2S. The van der Waals surface area contributed by atoms with Gasteiger partial charge in [-0.25, -0.2) is 0 Å². The average Bonchev–Trinajstić information content (AvgIpc) is 2.56. The molecule has 2 nitrogen and oxygen atoms in total. The van der Waals surface area contributed by atoms with Crippen LogP contribution in [0.25, 0.3) is 0 Å². The zero-order valence-electron chi connectivity index (χ0n) is 7.69. The number of carboxylic acid groups (broad SMARTS) is 1. The third-order valence-electron chi connectivity index (χ3n) is 2.06. The number of hydrogen-bond donors (Lipinski definition) is 1. The number of rotatable bonds is 5. The predicted molar refractivity (Wildman–Crippen MR) is 54.1 cm³/mol. The van der Waals surface area contributed by atoms with E-state index in [4.69, 9.17) is 5.11 Å². The number of carbonyl (C=O) groups is 1. The molecule has 0 aromatic carbocycles. The first-order chi connectivity index (χ1) is 6.20. The third kappa shape index (κ3) is 3.59. The van der Waals surface area contributed by atoms with Crippen LogP contribution in [-0.2, 0) is 11.2 Å². The van der Waals surface area contributed by atoms with Crippen molar-refractivity contribution in [1.82, 2.24) is 0 Å². The van der Waals surface area contributed by atoms with E-state index in [9.17, 15) is 4.79 Å². The number of hydrogen-bond acceptors (Lipinski definition) is 2. The van der Waals surface area contributed by atoms with Crippen LogP contribution >= 0.6 is 11.3 Å². The lowest BCUT2D eigenvalue weighted by Gasteiger charge is -2.03. The summed E-state index contributed by atoms with van der Waals surface area (Å²) in [6.07, 6.45) is 2.75. The van der Waals surface area contributed by atoms with Crippen LogP contribution in [0.5, 0.6) is 0 Å². The van der Waals surface area contributed by atoms with E-state index < -0.39 is 5.97 Å². The molecule has 0 amide bonds. The molecular weight excluding hydrogens is 184 g/mol. The zero-order valence-corrected chi connectivity index (χ0v) is 8.51. The smallest absolute Gasteiger partial charge is 0.306 e. The topological polar surface area (TPSA) is 37.3 Å². The molecule has 0 aliphatic heterocycles. The van der Waals surface area contributed by atoms with Crippen LogP contribution in [0.1, 0.15) is 24.6 Å². The Bertz CT molecular complexity index is 254. The van der Waals surface area contributed by atoms with Crippen LogP contribution in [-0.4, -0.2) is 11.1 Å². The van der Waals surface area contributed by atoms with Gasteiger partial charge in [0, 0.05) is 4.88 Å². The maximum Gasteiger partial charge on any atom is 0.306 e. The van der Waals surface area contributed by atoms with E-state index in [1.807, 2.05) is 6.07 Å². The van der Waals surface area contributed by atoms with Gasteiger partial charge in [-0.3, -0.25) is 4.79 Å². The third-order valence-corrected chi connectivity index (χ3v) is 3.00. The fourth-order valence-electron chi connectivity index (χ4n) is 1.16. The molecule has 0 spiro atoms. The van der Waals surface area contributed by atoms with Crippen molar-refractivity contribution >= 4 is 17.3 Å². The minimum absolute atomic E-state index is 0.208. The van der Waals surface area contributed by atoms with Crippen molar-refractivity contribution in [2.24, 2.45) is 5.92 Å². The summed E-state index contributed by atoms with van der Waals surface area (Å²) in [7, 11) is 0. The first-order valence-electron chi connectivity index (χ1n) is 4.45. The van der Waals surface area contributed by atoms with Crippen molar-refractivity contribution in [1.29, 1.82) is 0 Å². The first-order valence-corrected chi connectivity index (χ1v) is 5.33. The maximum absolute atomic E-state index is 10.5. The summed E-state index contributed by atoms with van der Waals surface area (Å²) in [6, 6.07) is 4.12. The summed E-state index contributed by atoms with van der Waals surface area (Å²) < 4.78 is 0. The maximum atomic E-state index is 10.5. The van der Waals surface area contributed by atoms with Crippen molar-refractivity contribution in [2.75, 3.05) is 0 Å². The van der Waals surface area contributed by atoms with Gasteiger partial charge in [0.2, 0.25) is 0 Å². The number of aliphatic carboxylic acids is 1. The highest BCUT2D eigenvalue weighted by Crippen LogP contribution is 2.14. The lowest BCUT2D eigenvalue weighted by Crippen LogP contribution is -2.09. The molecule has 0 saturated carbocycles. The molecule has 13 heavy (non-hydrogen) atoms. The average molecular weight is 198 g/mol. The van der Waals surface area contributed by atoms with Crippen molar-refractivity contribution < 1.29 is 9.90 Å². The fraction of sp³-hybridized carbons (Fsp3) is 0.500. The molecule has 0 fully saturated rings. The van der Waals surface area contributed by atoms with E-state index in [1.54, 1.807) is 18.3 Å². The summed E-state index contributed by atoms with van der Waals surface area (Å²) in [4.78, 5) is 11.8. The molecule has 1 N–H and O–H groups in total. The molecule has 1 unspecified atom stereocenters. The van der Waals surface area contributed by atoms with Gasteiger partial charge in [-0.1, -0.05) is 13.0 Å². The minimum atomic E-state index is -0.689. The van der Waals surface area contributed by atoms with Crippen LogP contribution in [0.15, 0.2) is 17.5 Å². The van der Waals surface area contributed by atoms with E-state index in [2.05, 4.69) is 11.4 Å². The Morgan fingerprint density at radius 1 is 1.69 bits per heavy atom. The van der Waals surface area contributed by atoms with Crippen LogP contribution in [0, 0.1) is 5.92 Å². The van der Waals surface area contributed by atoms with E-state index in [1.165, 1.54) is 4.88 Å². The standard InChI is InChI=1S/C10H14O2S/c1-8(10(11)12)4-2-5-9-6-3-7-13-9/h3,6-8H,2,4-5H2,1H3,(H,11,12). The number of thiophene rings is 1. The van der Waals surface area contributed by atoms with Crippen molar-refractivity contribution in [2.45, 2.75) is 26.2 Å². The molecule has 0 aliphatic carbocycles. The molecule has 0 saturated heterocycles. The lowest BCUT2D eigenvalue weighted by molar-refractivity contribution is -0.141. The monoisotopic (exact) mass is 198 g/mol. The fourth-order valence-corrected chi connectivity index (χ4v) is 1.91. The molecule has 1 aromatic rings. The van der Waals surface area contributed by atoms with Crippen LogP contribution < -0.4 is 0 Å². The second kappa shape index (κ2) is 5.02.